The number of para-hydroxylation sites is 1. The van der Waals surface area contributed by atoms with E-state index in [1.807, 2.05) is 30.5 Å². The zero-order valence-electron chi connectivity index (χ0n) is 8.11. The molecule has 0 aliphatic carbocycles. The number of aryl methyl sites for hydroxylation is 1. The van der Waals surface area contributed by atoms with E-state index in [0.29, 0.717) is 0 Å². The van der Waals surface area contributed by atoms with E-state index in [9.17, 15) is 0 Å². The monoisotopic (exact) mass is 183 g/mol. The zero-order chi connectivity index (χ0) is 9.80. The van der Waals surface area contributed by atoms with Crippen LogP contribution in [0.4, 0.5) is 0 Å². The molecule has 2 aromatic rings. The van der Waals surface area contributed by atoms with Gasteiger partial charge in [0.1, 0.15) is 0 Å². The van der Waals surface area contributed by atoms with E-state index < -0.39 is 0 Å². The van der Waals surface area contributed by atoms with Crippen molar-refractivity contribution >= 4 is 10.9 Å². The van der Waals surface area contributed by atoms with Gasteiger partial charge in [0.25, 0.3) is 0 Å². The first kappa shape index (κ1) is 8.95. The summed E-state index contributed by atoms with van der Waals surface area (Å²) in [7, 11) is 0. The van der Waals surface area contributed by atoms with Gasteiger partial charge in [-0.15, -0.1) is 6.58 Å². The van der Waals surface area contributed by atoms with Gasteiger partial charge < -0.3 is 0 Å². The van der Waals surface area contributed by atoms with Gasteiger partial charge in [0.15, 0.2) is 0 Å². The van der Waals surface area contributed by atoms with Crippen molar-refractivity contribution in [2.24, 2.45) is 0 Å². The minimum Gasteiger partial charge on any atom is -0.256 e. The predicted octanol–water partition coefficient (Wildman–Crippen LogP) is 3.35. The van der Waals surface area contributed by atoms with Gasteiger partial charge in [-0.1, -0.05) is 24.3 Å². The minimum atomic E-state index is 1.01. The molecule has 0 N–H and O–H groups in total. The van der Waals surface area contributed by atoms with Crippen LogP contribution in [0.2, 0.25) is 0 Å². The highest BCUT2D eigenvalue weighted by Gasteiger charge is 1.95. The first-order valence-electron chi connectivity index (χ1n) is 4.85. The van der Waals surface area contributed by atoms with Crippen LogP contribution in [0.1, 0.15) is 12.0 Å². The Hall–Kier alpha value is -1.63. The van der Waals surface area contributed by atoms with Crippen molar-refractivity contribution in [1.82, 2.24) is 4.98 Å². The molecule has 0 aliphatic heterocycles. The van der Waals surface area contributed by atoms with E-state index in [1.165, 1.54) is 10.9 Å². The van der Waals surface area contributed by atoms with Crippen LogP contribution in [-0.2, 0) is 6.42 Å². The second kappa shape index (κ2) is 4.05. The molecule has 1 heteroatoms. The molecule has 0 spiro atoms. The maximum absolute atomic E-state index is 4.40. The Morgan fingerprint density at radius 3 is 3.00 bits per heavy atom. The fourth-order valence-electron chi connectivity index (χ4n) is 1.52. The fraction of sp³-hybridized carbons (Fsp3) is 0.154. The lowest BCUT2D eigenvalue weighted by molar-refractivity contribution is 0.996. The third-order valence-corrected chi connectivity index (χ3v) is 2.28. The molecule has 1 aromatic carbocycles. The van der Waals surface area contributed by atoms with Crippen LogP contribution in [0.3, 0.4) is 0 Å². The third-order valence-electron chi connectivity index (χ3n) is 2.28. The van der Waals surface area contributed by atoms with Crippen molar-refractivity contribution in [3.05, 3.63) is 54.7 Å². The Morgan fingerprint density at radius 2 is 2.14 bits per heavy atom. The van der Waals surface area contributed by atoms with Crippen molar-refractivity contribution in [2.75, 3.05) is 0 Å². The molecule has 2 rings (SSSR count). The Kier molecular flexibility index (Phi) is 2.59. The number of aromatic nitrogens is 1. The van der Waals surface area contributed by atoms with E-state index in [1.54, 1.807) is 0 Å². The van der Waals surface area contributed by atoms with E-state index in [2.05, 4.69) is 23.7 Å². The van der Waals surface area contributed by atoms with Gasteiger partial charge in [-0.25, -0.2) is 0 Å². The van der Waals surface area contributed by atoms with Crippen molar-refractivity contribution in [3.63, 3.8) is 0 Å². The van der Waals surface area contributed by atoms with Crippen molar-refractivity contribution in [1.29, 1.82) is 0 Å². The Morgan fingerprint density at radius 1 is 1.29 bits per heavy atom. The molecule has 0 bridgehead atoms. The number of fused-ring (bicyclic) bond motifs is 1. The standard InChI is InChI=1S/C13H13N/c1-2-3-6-11-9-12-7-4-5-8-13(12)14-10-11/h2,4-5,7-10H,1,3,6H2. The lowest BCUT2D eigenvalue weighted by Gasteiger charge is -2.00. The highest BCUT2D eigenvalue weighted by molar-refractivity contribution is 5.78. The molecule has 0 aliphatic rings. The smallest absolute Gasteiger partial charge is 0.0702 e. The van der Waals surface area contributed by atoms with Gasteiger partial charge in [0, 0.05) is 11.6 Å². The highest BCUT2D eigenvalue weighted by Crippen LogP contribution is 2.13. The number of allylic oxidation sites excluding steroid dienone is 1. The molecular weight excluding hydrogens is 170 g/mol. The number of nitrogens with zero attached hydrogens (tertiary/aromatic N) is 1. The van der Waals surface area contributed by atoms with Crippen LogP contribution >= 0.6 is 0 Å². The zero-order valence-corrected chi connectivity index (χ0v) is 8.11. The summed E-state index contributed by atoms with van der Waals surface area (Å²) >= 11 is 0. The van der Waals surface area contributed by atoms with Gasteiger partial charge >= 0.3 is 0 Å². The van der Waals surface area contributed by atoms with Gasteiger partial charge in [-0.05, 0) is 30.5 Å². The van der Waals surface area contributed by atoms with Crippen LogP contribution in [0.5, 0.6) is 0 Å². The van der Waals surface area contributed by atoms with Crippen molar-refractivity contribution < 1.29 is 0 Å². The molecule has 0 atom stereocenters. The number of rotatable bonds is 3. The summed E-state index contributed by atoms with van der Waals surface area (Å²) in [4.78, 5) is 4.40. The molecule has 1 aromatic heterocycles. The summed E-state index contributed by atoms with van der Waals surface area (Å²) in [6.07, 6.45) is 5.93. The van der Waals surface area contributed by atoms with E-state index in [-0.39, 0.29) is 0 Å². The summed E-state index contributed by atoms with van der Waals surface area (Å²) in [5.41, 5.74) is 2.35. The Labute approximate surface area is 84.1 Å². The SMILES string of the molecule is C=CCCc1cnc2ccccc2c1. The summed E-state index contributed by atoms with van der Waals surface area (Å²) in [6, 6.07) is 10.4. The third kappa shape index (κ3) is 1.82. The van der Waals surface area contributed by atoms with E-state index >= 15 is 0 Å². The number of pyridine rings is 1. The number of hydrogen-bond acceptors (Lipinski definition) is 1. The molecule has 0 saturated heterocycles. The first-order chi connectivity index (χ1) is 6.90. The first-order valence-corrected chi connectivity index (χ1v) is 4.85. The Balaban J connectivity index is 2.36. The van der Waals surface area contributed by atoms with Gasteiger partial charge in [-0.3, -0.25) is 4.98 Å². The second-order valence-electron chi connectivity index (χ2n) is 3.36. The van der Waals surface area contributed by atoms with Gasteiger partial charge in [0.2, 0.25) is 0 Å². The van der Waals surface area contributed by atoms with Crippen LogP contribution in [0.15, 0.2) is 49.2 Å². The summed E-state index contributed by atoms with van der Waals surface area (Å²) in [5, 5.41) is 1.22. The average Bonchev–Trinajstić information content (AvgIpc) is 2.26. The quantitative estimate of drug-likeness (QED) is 0.665. The van der Waals surface area contributed by atoms with Crippen molar-refractivity contribution in [2.45, 2.75) is 12.8 Å². The number of benzene rings is 1. The lowest BCUT2D eigenvalue weighted by atomic mass is 10.1. The maximum atomic E-state index is 4.40. The molecular formula is C13H13N. The van der Waals surface area contributed by atoms with Crippen LogP contribution in [0.25, 0.3) is 10.9 Å². The van der Waals surface area contributed by atoms with Gasteiger partial charge in [0.05, 0.1) is 5.52 Å². The van der Waals surface area contributed by atoms with Crippen LogP contribution in [-0.4, -0.2) is 4.98 Å². The lowest BCUT2D eigenvalue weighted by Crippen LogP contribution is -1.86. The molecule has 0 radical (unpaired) electrons. The molecule has 1 heterocycles. The Bertz CT molecular complexity index is 446. The largest absolute Gasteiger partial charge is 0.256 e. The molecule has 0 amide bonds. The fourth-order valence-corrected chi connectivity index (χ4v) is 1.52. The molecule has 0 unspecified atom stereocenters. The number of hydrogen-bond donors (Lipinski definition) is 0. The maximum Gasteiger partial charge on any atom is 0.0702 e. The average molecular weight is 183 g/mol. The second-order valence-corrected chi connectivity index (χ2v) is 3.36. The highest BCUT2D eigenvalue weighted by atomic mass is 14.6. The van der Waals surface area contributed by atoms with Crippen LogP contribution in [0, 0.1) is 0 Å². The molecule has 70 valence electrons. The predicted molar refractivity (Wildman–Crippen MR) is 60.3 cm³/mol. The van der Waals surface area contributed by atoms with E-state index in [0.717, 1.165) is 18.4 Å². The van der Waals surface area contributed by atoms with Crippen LogP contribution < -0.4 is 0 Å². The van der Waals surface area contributed by atoms with E-state index in [4.69, 9.17) is 0 Å². The topological polar surface area (TPSA) is 12.9 Å². The summed E-state index contributed by atoms with van der Waals surface area (Å²) in [5.74, 6) is 0. The normalized spacial score (nSPS) is 10.3. The van der Waals surface area contributed by atoms with Gasteiger partial charge in [-0.2, -0.15) is 0 Å². The molecule has 0 fully saturated rings. The molecule has 0 saturated carbocycles. The minimum absolute atomic E-state index is 1.01. The summed E-state index contributed by atoms with van der Waals surface area (Å²) < 4.78 is 0. The molecule has 1 nitrogen and oxygen atoms in total. The van der Waals surface area contributed by atoms with Crippen molar-refractivity contribution in [3.8, 4) is 0 Å². The molecule has 14 heavy (non-hydrogen) atoms. The summed E-state index contributed by atoms with van der Waals surface area (Å²) in [6.45, 7) is 3.72.